The van der Waals surface area contributed by atoms with Crippen LogP contribution in [0.3, 0.4) is 0 Å². The van der Waals surface area contributed by atoms with Crippen molar-refractivity contribution in [2.24, 2.45) is 5.92 Å². The van der Waals surface area contributed by atoms with Gasteiger partial charge in [-0.2, -0.15) is 0 Å². The van der Waals surface area contributed by atoms with Crippen molar-refractivity contribution >= 4 is 35.1 Å². The molecular formula is C20H21ClN2O4. The van der Waals surface area contributed by atoms with Gasteiger partial charge in [-0.05, 0) is 23.8 Å². The van der Waals surface area contributed by atoms with E-state index in [0.717, 1.165) is 0 Å². The van der Waals surface area contributed by atoms with Crippen molar-refractivity contribution in [3.63, 3.8) is 0 Å². The van der Waals surface area contributed by atoms with Crippen molar-refractivity contribution in [1.82, 2.24) is 5.32 Å². The summed E-state index contributed by atoms with van der Waals surface area (Å²) in [5, 5.41) is 15.0. The predicted octanol–water partition coefficient (Wildman–Crippen LogP) is 3.53. The number of nitrogens with one attached hydrogen (secondary N) is 2. The van der Waals surface area contributed by atoms with Gasteiger partial charge in [0.1, 0.15) is 0 Å². The number of carboxylic acid groups (broad SMARTS) is 1. The molecule has 27 heavy (non-hydrogen) atoms. The van der Waals surface area contributed by atoms with Gasteiger partial charge in [-0.3, -0.25) is 14.4 Å². The highest BCUT2D eigenvalue weighted by molar-refractivity contribution is 6.34. The Bertz CT molecular complexity index is 837. The largest absolute Gasteiger partial charge is 0.481 e. The zero-order valence-electron chi connectivity index (χ0n) is 15.0. The average Bonchev–Trinajstić information content (AvgIpc) is 2.63. The quantitative estimate of drug-likeness (QED) is 0.676. The highest BCUT2D eigenvalue weighted by Gasteiger charge is 2.21. The number of amides is 2. The first-order valence-electron chi connectivity index (χ1n) is 8.46. The minimum Gasteiger partial charge on any atom is -0.481 e. The summed E-state index contributed by atoms with van der Waals surface area (Å²) in [5.41, 5.74) is 1.20. The van der Waals surface area contributed by atoms with Gasteiger partial charge in [-0.25, -0.2) is 0 Å². The van der Waals surface area contributed by atoms with Crippen LogP contribution in [0.1, 0.15) is 35.7 Å². The minimum absolute atomic E-state index is 0.0862. The number of carbonyl (C=O) groups excluding carboxylic acids is 2. The second kappa shape index (κ2) is 9.19. The fraction of sp³-hybridized carbons (Fsp3) is 0.250. The van der Waals surface area contributed by atoms with Gasteiger partial charge >= 0.3 is 5.97 Å². The van der Waals surface area contributed by atoms with Gasteiger partial charge in [-0.15, -0.1) is 0 Å². The molecule has 0 aromatic heterocycles. The summed E-state index contributed by atoms with van der Waals surface area (Å²) in [6, 6.07) is 13.2. The molecule has 0 aliphatic rings. The van der Waals surface area contributed by atoms with Crippen LogP contribution in [0.4, 0.5) is 5.69 Å². The van der Waals surface area contributed by atoms with Gasteiger partial charge in [0.25, 0.3) is 5.91 Å². The third-order valence-corrected chi connectivity index (χ3v) is 4.30. The number of hydrogen-bond acceptors (Lipinski definition) is 3. The molecule has 0 saturated carbocycles. The zero-order chi connectivity index (χ0) is 20.0. The van der Waals surface area contributed by atoms with Crippen LogP contribution < -0.4 is 10.6 Å². The van der Waals surface area contributed by atoms with Crippen LogP contribution in [0.25, 0.3) is 0 Å². The molecule has 0 aliphatic carbocycles. The number of rotatable bonds is 7. The Hall–Kier alpha value is -2.86. The summed E-state index contributed by atoms with van der Waals surface area (Å²) in [6.07, 6.45) is 0. The lowest BCUT2D eigenvalue weighted by Crippen LogP contribution is -2.32. The molecule has 1 unspecified atom stereocenters. The van der Waals surface area contributed by atoms with E-state index in [9.17, 15) is 19.5 Å². The van der Waals surface area contributed by atoms with E-state index in [0.29, 0.717) is 11.3 Å². The topological polar surface area (TPSA) is 95.5 Å². The Morgan fingerprint density at radius 2 is 1.74 bits per heavy atom. The summed E-state index contributed by atoms with van der Waals surface area (Å²) >= 11 is 6.10. The lowest BCUT2D eigenvalue weighted by molar-refractivity contribution is -0.138. The number of aliphatic carboxylic acids is 1. The maximum atomic E-state index is 12.5. The smallest absolute Gasteiger partial charge is 0.312 e. The Morgan fingerprint density at radius 1 is 1.07 bits per heavy atom. The van der Waals surface area contributed by atoms with Crippen molar-refractivity contribution < 1.29 is 19.5 Å². The number of benzene rings is 2. The molecule has 0 spiro atoms. The van der Waals surface area contributed by atoms with Crippen molar-refractivity contribution in [1.29, 1.82) is 0 Å². The maximum Gasteiger partial charge on any atom is 0.312 e. The van der Waals surface area contributed by atoms with E-state index in [1.54, 1.807) is 50.2 Å². The predicted molar refractivity (Wildman–Crippen MR) is 104 cm³/mol. The summed E-state index contributed by atoms with van der Waals surface area (Å²) in [5.74, 6) is -2.81. The fourth-order valence-electron chi connectivity index (χ4n) is 2.39. The van der Waals surface area contributed by atoms with E-state index >= 15 is 0 Å². The van der Waals surface area contributed by atoms with Crippen LogP contribution >= 0.6 is 11.6 Å². The first-order valence-corrected chi connectivity index (χ1v) is 8.83. The van der Waals surface area contributed by atoms with Gasteiger partial charge < -0.3 is 15.7 Å². The zero-order valence-corrected chi connectivity index (χ0v) is 15.8. The first kappa shape index (κ1) is 20.5. The van der Waals surface area contributed by atoms with Gasteiger partial charge in [0.15, 0.2) is 0 Å². The summed E-state index contributed by atoms with van der Waals surface area (Å²) in [4.78, 5) is 35.8. The maximum absolute atomic E-state index is 12.5. The molecule has 7 heteroatoms. The Labute approximate surface area is 162 Å². The van der Waals surface area contributed by atoms with E-state index in [2.05, 4.69) is 10.6 Å². The average molecular weight is 389 g/mol. The van der Waals surface area contributed by atoms with Crippen LogP contribution in [0, 0.1) is 5.92 Å². The van der Waals surface area contributed by atoms with Crippen LogP contribution in [-0.2, 0) is 9.59 Å². The van der Waals surface area contributed by atoms with Crippen LogP contribution in [0.5, 0.6) is 0 Å². The van der Waals surface area contributed by atoms with E-state index in [1.807, 2.05) is 0 Å². The molecule has 0 heterocycles. The van der Waals surface area contributed by atoms with E-state index in [4.69, 9.17) is 11.6 Å². The van der Waals surface area contributed by atoms with Crippen molar-refractivity contribution in [3.8, 4) is 0 Å². The van der Waals surface area contributed by atoms with Gasteiger partial charge in [0.05, 0.1) is 16.5 Å². The molecule has 0 fully saturated rings. The molecule has 1 atom stereocenters. The first-order chi connectivity index (χ1) is 12.8. The molecule has 0 bridgehead atoms. The summed E-state index contributed by atoms with van der Waals surface area (Å²) in [6.45, 7) is 3.43. The van der Waals surface area contributed by atoms with E-state index < -0.39 is 17.8 Å². The standard InChI is InChI=1S/C20H21ClN2O4/c1-12(2)18(24)23-14-8-9-17(21)15(10-14)19(25)22-11-16(20(26)27)13-6-4-3-5-7-13/h3-10,12,16H,11H2,1-2H3,(H,22,25)(H,23,24)(H,26,27). The SMILES string of the molecule is CC(C)C(=O)Nc1ccc(Cl)c(C(=O)NCC(C(=O)O)c2ccccc2)c1. The Balaban J connectivity index is 2.12. The van der Waals surface area contributed by atoms with Crippen molar-refractivity contribution in [2.45, 2.75) is 19.8 Å². The summed E-state index contributed by atoms with van der Waals surface area (Å²) < 4.78 is 0. The van der Waals surface area contributed by atoms with E-state index in [-0.39, 0.29) is 29.0 Å². The van der Waals surface area contributed by atoms with Crippen LogP contribution in [0.2, 0.25) is 5.02 Å². The molecule has 6 nitrogen and oxygen atoms in total. The fourth-order valence-corrected chi connectivity index (χ4v) is 2.59. The second-order valence-corrected chi connectivity index (χ2v) is 6.76. The molecule has 142 valence electrons. The summed E-state index contributed by atoms with van der Waals surface area (Å²) in [7, 11) is 0. The van der Waals surface area contributed by atoms with Gasteiger partial charge in [0.2, 0.25) is 5.91 Å². The molecule has 0 aliphatic heterocycles. The van der Waals surface area contributed by atoms with Gasteiger partial charge in [-0.1, -0.05) is 55.8 Å². The highest BCUT2D eigenvalue weighted by Crippen LogP contribution is 2.22. The third kappa shape index (κ3) is 5.56. The second-order valence-electron chi connectivity index (χ2n) is 6.35. The Kier molecular flexibility index (Phi) is 6.96. The highest BCUT2D eigenvalue weighted by atomic mass is 35.5. The lowest BCUT2D eigenvalue weighted by Gasteiger charge is -2.15. The number of carboxylic acids is 1. The Morgan fingerprint density at radius 3 is 2.33 bits per heavy atom. The molecule has 0 radical (unpaired) electrons. The molecular weight excluding hydrogens is 368 g/mol. The van der Waals surface area contributed by atoms with E-state index in [1.165, 1.54) is 12.1 Å². The normalized spacial score (nSPS) is 11.7. The van der Waals surface area contributed by atoms with Gasteiger partial charge in [0, 0.05) is 18.2 Å². The third-order valence-electron chi connectivity index (χ3n) is 3.97. The van der Waals surface area contributed by atoms with Crippen LogP contribution in [0.15, 0.2) is 48.5 Å². The molecule has 2 aromatic rings. The van der Waals surface area contributed by atoms with Crippen molar-refractivity contribution in [3.05, 3.63) is 64.7 Å². The molecule has 0 saturated heterocycles. The van der Waals surface area contributed by atoms with Crippen molar-refractivity contribution in [2.75, 3.05) is 11.9 Å². The number of carbonyl (C=O) groups is 3. The lowest BCUT2D eigenvalue weighted by atomic mass is 9.99. The minimum atomic E-state index is -1.04. The monoisotopic (exact) mass is 388 g/mol. The number of anilines is 1. The molecule has 3 N–H and O–H groups in total. The van der Waals surface area contributed by atoms with Crippen LogP contribution in [-0.4, -0.2) is 29.4 Å². The molecule has 2 aromatic carbocycles. The molecule has 2 amide bonds. The number of halogens is 1. The number of hydrogen-bond donors (Lipinski definition) is 3. The molecule has 2 rings (SSSR count).